The maximum Gasteiger partial charge on any atom is 0.0239 e. The zero-order chi connectivity index (χ0) is 5.82. The second kappa shape index (κ2) is 3.15. The smallest absolute Gasteiger partial charge is 0.0239 e. The van der Waals surface area contributed by atoms with Gasteiger partial charge in [0, 0.05) is 11.8 Å². The third kappa shape index (κ3) is 1.53. The van der Waals surface area contributed by atoms with E-state index in [1.807, 2.05) is 18.0 Å². The minimum Gasteiger partial charge on any atom is -0.264 e. The van der Waals surface area contributed by atoms with Crippen LogP contribution in [0.25, 0.3) is 0 Å². The molecule has 1 fully saturated rings. The molecule has 46 valence electrons. The highest BCUT2D eigenvalue weighted by molar-refractivity contribution is 7.98. The van der Waals surface area contributed by atoms with E-state index in [1.54, 1.807) is 0 Å². The summed E-state index contributed by atoms with van der Waals surface area (Å²) in [7, 11) is 0. The minimum atomic E-state index is 0.799. The van der Waals surface area contributed by atoms with Gasteiger partial charge < -0.3 is 0 Å². The molecule has 0 saturated carbocycles. The molecule has 1 unspecified atom stereocenters. The monoisotopic (exact) mass is 129 g/mol. The molecule has 1 saturated heterocycles. The molecule has 1 N–H and O–H groups in total. The second-order valence-electron chi connectivity index (χ2n) is 1.95. The number of allylic oxidation sites excluding steroid dienone is 1. The number of rotatable bonds is 2. The lowest BCUT2D eigenvalue weighted by Crippen LogP contribution is -1.92. The van der Waals surface area contributed by atoms with Gasteiger partial charge in [0.15, 0.2) is 0 Å². The van der Waals surface area contributed by atoms with Crippen molar-refractivity contribution < 1.29 is 0 Å². The average Bonchev–Trinajstić information content (AvgIpc) is 2.19. The molecule has 1 aliphatic rings. The molecule has 0 radical (unpaired) electrons. The average molecular weight is 129 g/mol. The maximum atomic E-state index is 3.68. The first-order valence-electron chi connectivity index (χ1n) is 2.93. The van der Waals surface area contributed by atoms with Crippen LogP contribution in [0.1, 0.15) is 12.8 Å². The molecule has 2 heteroatoms. The molecular formula is C6H11NS. The van der Waals surface area contributed by atoms with Crippen molar-refractivity contribution in [2.45, 2.75) is 18.1 Å². The van der Waals surface area contributed by atoms with Crippen LogP contribution in [-0.2, 0) is 0 Å². The van der Waals surface area contributed by atoms with E-state index in [0.29, 0.717) is 0 Å². The van der Waals surface area contributed by atoms with Crippen molar-refractivity contribution in [1.82, 2.24) is 4.72 Å². The topological polar surface area (TPSA) is 12.0 Å². The van der Waals surface area contributed by atoms with Gasteiger partial charge in [-0.05, 0) is 12.8 Å². The number of hydrogen-bond donors (Lipinski definition) is 1. The van der Waals surface area contributed by atoms with Crippen LogP contribution >= 0.6 is 11.9 Å². The fourth-order valence-corrected chi connectivity index (χ4v) is 1.75. The van der Waals surface area contributed by atoms with Crippen LogP contribution in [-0.4, -0.2) is 11.8 Å². The Hall–Kier alpha value is 0.0500. The quantitative estimate of drug-likeness (QED) is 0.448. The summed E-state index contributed by atoms with van der Waals surface area (Å²) in [6.45, 7) is 4.85. The Bertz CT molecular complexity index is 76.6. The van der Waals surface area contributed by atoms with Crippen LogP contribution in [0.3, 0.4) is 0 Å². The summed E-state index contributed by atoms with van der Waals surface area (Å²) in [5.74, 6) is 0. The molecule has 0 aliphatic carbocycles. The zero-order valence-electron chi connectivity index (χ0n) is 4.89. The minimum absolute atomic E-state index is 0.799. The molecule has 8 heavy (non-hydrogen) atoms. The number of nitrogens with one attached hydrogen (secondary N) is 1. The Morgan fingerprint density at radius 3 is 3.25 bits per heavy atom. The van der Waals surface area contributed by atoms with Crippen LogP contribution in [0.4, 0.5) is 0 Å². The van der Waals surface area contributed by atoms with E-state index in [2.05, 4.69) is 11.3 Å². The fraction of sp³-hybridized carbons (Fsp3) is 0.667. The summed E-state index contributed by atoms with van der Waals surface area (Å²) in [5.41, 5.74) is 0. The van der Waals surface area contributed by atoms with Crippen LogP contribution in [0.5, 0.6) is 0 Å². The van der Waals surface area contributed by atoms with E-state index in [9.17, 15) is 0 Å². The van der Waals surface area contributed by atoms with Crippen LogP contribution in [0.2, 0.25) is 0 Å². The van der Waals surface area contributed by atoms with Gasteiger partial charge >= 0.3 is 0 Å². The number of hydrogen-bond acceptors (Lipinski definition) is 2. The van der Waals surface area contributed by atoms with E-state index in [-0.39, 0.29) is 0 Å². The van der Waals surface area contributed by atoms with Crippen LogP contribution in [0.15, 0.2) is 12.7 Å². The first-order chi connectivity index (χ1) is 3.93. The largest absolute Gasteiger partial charge is 0.264 e. The summed E-state index contributed by atoms with van der Waals surface area (Å²) in [6.07, 6.45) is 4.44. The fourth-order valence-electron chi connectivity index (χ4n) is 0.807. The van der Waals surface area contributed by atoms with Gasteiger partial charge in [0.05, 0.1) is 0 Å². The van der Waals surface area contributed by atoms with Gasteiger partial charge in [-0.15, -0.1) is 6.58 Å². The Labute approximate surface area is 54.7 Å². The van der Waals surface area contributed by atoms with Crippen molar-refractivity contribution in [3.05, 3.63) is 12.7 Å². The lowest BCUT2D eigenvalue weighted by Gasteiger charge is -1.99. The third-order valence-corrected chi connectivity index (χ3v) is 2.38. The van der Waals surface area contributed by atoms with Gasteiger partial charge in [0.25, 0.3) is 0 Å². The maximum absolute atomic E-state index is 3.68. The summed E-state index contributed by atoms with van der Waals surface area (Å²) < 4.78 is 3.23. The molecule has 1 aliphatic heterocycles. The molecule has 0 aromatic rings. The van der Waals surface area contributed by atoms with Crippen molar-refractivity contribution >= 4 is 11.9 Å². The van der Waals surface area contributed by atoms with Gasteiger partial charge in [-0.2, -0.15) is 0 Å². The summed E-state index contributed by atoms with van der Waals surface area (Å²) in [6, 6.07) is 0. The van der Waals surface area contributed by atoms with Crippen molar-refractivity contribution in [2.24, 2.45) is 0 Å². The lowest BCUT2D eigenvalue weighted by atomic mass is 10.2. The third-order valence-electron chi connectivity index (χ3n) is 1.25. The zero-order valence-corrected chi connectivity index (χ0v) is 5.71. The van der Waals surface area contributed by atoms with Gasteiger partial charge in [0.2, 0.25) is 0 Å². The van der Waals surface area contributed by atoms with Crippen molar-refractivity contribution in [3.8, 4) is 0 Å². The molecule has 0 aromatic heterocycles. The highest BCUT2D eigenvalue weighted by Crippen LogP contribution is 2.20. The summed E-state index contributed by atoms with van der Waals surface area (Å²) in [4.78, 5) is 0. The van der Waals surface area contributed by atoms with Gasteiger partial charge in [0.1, 0.15) is 0 Å². The first-order valence-corrected chi connectivity index (χ1v) is 3.81. The Balaban J connectivity index is 2.14. The molecule has 1 nitrogen and oxygen atoms in total. The molecule has 0 bridgehead atoms. The van der Waals surface area contributed by atoms with Crippen molar-refractivity contribution in [1.29, 1.82) is 0 Å². The summed E-state index contributed by atoms with van der Waals surface area (Å²) >= 11 is 1.85. The molecule has 0 amide bonds. The van der Waals surface area contributed by atoms with Crippen LogP contribution < -0.4 is 4.72 Å². The standard InChI is InChI=1S/C6H11NS/c1-2-3-6-4-5-7-8-6/h2,6-7H,1,3-5H2. The Morgan fingerprint density at radius 2 is 2.75 bits per heavy atom. The highest BCUT2D eigenvalue weighted by atomic mass is 32.2. The van der Waals surface area contributed by atoms with Gasteiger partial charge in [-0.3, -0.25) is 4.72 Å². The van der Waals surface area contributed by atoms with Gasteiger partial charge in [-0.25, -0.2) is 0 Å². The van der Waals surface area contributed by atoms with Crippen molar-refractivity contribution in [2.75, 3.05) is 6.54 Å². The van der Waals surface area contributed by atoms with E-state index < -0.39 is 0 Å². The highest BCUT2D eigenvalue weighted by Gasteiger charge is 2.12. The Kier molecular flexibility index (Phi) is 2.43. The lowest BCUT2D eigenvalue weighted by molar-refractivity contribution is 0.805. The first kappa shape index (κ1) is 6.17. The molecular weight excluding hydrogens is 118 g/mol. The molecule has 1 heterocycles. The normalized spacial score (nSPS) is 28.2. The van der Waals surface area contributed by atoms with E-state index in [0.717, 1.165) is 11.7 Å². The molecule has 1 atom stereocenters. The van der Waals surface area contributed by atoms with Crippen LogP contribution in [0, 0.1) is 0 Å². The van der Waals surface area contributed by atoms with Crippen molar-refractivity contribution in [3.63, 3.8) is 0 Å². The summed E-state index contributed by atoms with van der Waals surface area (Å²) in [5, 5.41) is 0.799. The second-order valence-corrected chi connectivity index (χ2v) is 3.14. The molecule has 1 rings (SSSR count). The SMILES string of the molecule is C=CCC1CCNS1. The van der Waals surface area contributed by atoms with E-state index in [1.165, 1.54) is 13.0 Å². The predicted octanol–water partition coefficient (Wildman–Crippen LogP) is 1.57. The van der Waals surface area contributed by atoms with E-state index in [4.69, 9.17) is 0 Å². The van der Waals surface area contributed by atoms with Gasteiger partial charge in [-0.1, -0.05) is 18.0 Å². The molecule has 0 spiro atoms. The molecule has 0 aromatic carbocycles. The Morgan fingerprint density at radius 1 is 1.88 bits per heavy atom. The predicted molar refractivity (Wildman–Crippen MR) is 38.8 cm³/mol. The van der Waals surface area contributed by atoms with E-state index >= 15 is 0 Å².